The third-order valence-electron chi connectivity index (χ3n) is 2.57. The van der Waals surface area contributed by atoms with Crippen LogP contribution in [0.4, 0.5) is 11.6 Å². The molecular weight excluding hydrogens is 337 g/mol. The van der Waals surface area contributed by atoms with Gasteiger partial charge < -0.3 is 11.1 Å². The average molecular weight is 344 g/mol. The molecule has 3 rings (SSSR count). The molecule has 2 aromatic heterocycles. The number of aromatic nitrogens is 5. The van der Waals surface area contributed by atoms with E-state index in [1.165, 1.54) is 17.1 Å². The number of hydrogen-bond acceptors (Lipinski definition) is 7. The van der Waals surface area contributed by atoms with Crippen molar-refractivity contribution in [3.63, 3.8) is 0 Å². The van der Waals surface area contributed by atoms with E-state index < -0.39 is 0 Å². The fraction of sp³-hybridized carbons (Fsp3) is 0.100. The van der Waals surface area contributed by atoms with Gasteiger partial charge >= 0.3 is 0 Å². The van der Waals surface area contributed by atoms with Gasteiger partial charge in [-0.2, -0.15) is 8.75 Å². The van der Waals surface area contributed by atoms with Gasteiger partial charge in [0, 0.05) is 0 Å². The molecular formula is C10H7Cl2N7OS. The van der Waals surface area contributed by atoms with Crippen molar-refractivity contribution < 1.29 is 4.79 Å². The monoisotopic (exact) mass is 343 g/mol. The molecule has 0 spiro atoms. The standard InChI is InChI=1S/C10H7Cl2N7OS/c11-4-1-5(12)8-9(18-21-17-8)7(4)15-6(20)2-19-3-14-10(13)16-19/h1,3H,2H2,(H2,13,16)(H,15,20). The number of fused-ring (bicyclic) bond motifs is 1. The molecule has 2 heterocycles. The predicted octanol–water partition coefficient (Wildman–Crippen LogP) is 1.81. The van der Waals surface area contributed by atoms with E-state index in [1.807, 2.05) is 0 Å². The number of nitrogen functional groups attached to an aromatic ring is 1. The second-order valence-corrected chi connectivity index (χ2v) is 5.37. The van der Waals surface area contributed by atoms with E-state index in [9.17, 15) is 4.79 Å². The fourth-order valence-corrected chi connectivity index (χ4v) is 2.86. The van der Waals surface area contributed by atoms with Gasteiger partial charge in [-0.05, 0) is 6.07 Å². The molecule has 0 atom stereocenters. The van der Waals surface area contributed by atoms with E-state index in [0.717, 1.165) is 11.7 Å². The second kappa shape index (κ2) is 5.43. The zero-order chi connectivity index (χ0) is 15.0. The zero-order valence-corrected chi connectivity index (χ0v) is 12.6. The van der Waals surface area contributed by atoms with Crippen molar-refractivity contribution in [1.29, 1.82) is 0 Å². The first kappa shape index (κ1) is 14.0. The van der Waals surface area contributed by atoms with Gasteiger partial charge in [-0.3, -0.25) is 4.79 Å². The maximum absolute atomic E-state index is 12.0. The van der Waals surface area contributed by atoms with Gasteiger partial charge in [0.15, 0.2) is 0 Å². The molecule has 1 amide bonds. The first-order valence-electron chi connectivity index (χ1n) is 5.59. The summed E-state index contributed by atoms with van der Waals surface area (Å²) >= 11 is 13.1. The minimum absolute atomic E-state index is 0.0534. The molecule has 3 N–H and O–H groups in total. The van der Waals surface area contributed by atoms with Gasteiger partial charge in [0.1, 0.15) is 23.9 Å². The summed E-state index contributed by atoms with van der Waals surface area (Å²) in [5.74, 6) is -0.253. The fourth-order valence-electron chi connectivity index (χ4n) is 1.70. The van der Waals surface area contributed by atoms with E-state index in [2.05, 4.69) is 24.1 Å². The number of halogens is 2. The average Bonchev–Trinajstić information content (AvgIpc) is 3.04. The van der Waals surface area contributed by atoms with E-state index in [1.54, 1.807) is 0 Å². The van der Waals surface area contributed by atoms with Crippen molar-refractivity contribution in [2.24, 2.45) is 0 Å². The Hall–Kier alpha value is -1.97. The lowest BCUT2D eigenvalue weighted by Crippen LogP contribution is -2.19. The number of nitrogens with two attached hydrogens (primary N) is 1. The van der Waals surface area contributed by atoms with Crippen molar-refractivity contribution in [3.05, 3.63) is 22.4 Å². The Balaban J connectivity index is 1.87. The van der Waals surface area contributed by atoms with E-state index in [0.29, 0.717) is 21.7 Å². The SMILES string of the molecule is Nc1ncn(CC(=O)Nc2c(Cl)cc(Cl)c3nsnc23)n1. The van der Waals surface area contributed by atoms with Gasteiger partial charge in [-0.1, -0.05) is 23.2 Å². The van der Waals surface area contributed by atoms with Crippen LogP contribution in [-0.2, 0) is 11.3 Å². The summed E-state index contributed by atoms with van der Waals surface area (Å²) in [5, 5.41) is 7.16. The van der Waals surface area contributed by atoms with Gasteiger partial charge in [-0.15, -0.1) is 5.10 Å². The molecule has 1 aromatic carbocycles. The summed E-state index contributed by atoms with van der Waals surface area (Å²) in [7, 11) is 0. The number of carbonyl (C=O) groups excluding carboxylic acids is 1. The molecule has 0 aliphatic carbocycles. The highest BCUT2D eigenvalue weighted by molar-refractivity contribution is 7.00. The van der Waals surface area contributed by atoms with Crippen LogP contribution in [0.5, 0.6) is 0 Å². The Morgan fingerprint density at radius 3 is 2.81 bits per heavy atom. The molecule has 21 heavy (non-hydrogen) atoms. The first-order chi connectivity index (χ1) is 10.0. The van der Waals surface area contributed by atoms with Crippen molar-refractivity contribution in [2.45, 2.75) is 6.54 Å². The van der Waals surface area contributed by atoms with E-state index >= 15 is 0 Å². The summed E-state index contributed by atoms with van der Waals surface area (Å²) in [6.45, 7) is -0.0534. The number of carbonyl (C=O) groups is 1. The Kier molecular flexibility index (Phi) is 3.62. The normalized spacial score (nSPS) is 11.0. The molecule has 0 radical (unpaired) electrons. The van der Waals surface area contributed by atoms with Crippen LogP contribution in [0.1, 0.15) is 0 Å². The van der Waals surface area contributed by atoms with Crippen LogP contribution in [0.3, 0.4) is 0 Å². The minimum atomic E-state index is -0.349. The van der Waals surface area contributed by atoms with Crippen LogP contribution < -0.4 is 11.1 Å². The van der Waals surface area contributed by atoms with Crippen LogP contribution in [0.15, 0.2) is 12.4 Å². The molecule has 0 saturated heterocycles. The van der Waals surface area contributed by atoms with E-state index in [4.69, 9.17) is 28.9 Å². The highest BCUT2D eigenvalue weighted by Gasteiger charge is 2.16. The Labute approximate surface area is 132 Å². The van der Waals surface area contributed by atoms with Gasteiger partial charge in [0.2, 0.25) is 11.9 Å². The molecule has 11 heteroatoms. The molecule has 0 aliphatic heterocycles. The first-order valence-corrected chi connectivity index (χ1v) is 7.08. The Morgan fingerprint density at radius 1 is 1.33 bits per heavy atom. The zero-order valence-electron chi connectivity index (χ0n) is 10.2. The maximum Gasteiger partial charge on any atom is 0.246 e. The van der Waals surface area contributed by atoms with Crippen LogP contribution in [0, 0.1) is 0 Å². The predicted molar refractivity (Wildman–Crippen MR) is 80.5 cm³/mol. The van der Waals surface area contributed by atoms with Crippen molar-refractivity contribution in [1.82, 2.24) is 23.5 Å². The third-order valence-corrected chi connectivity index (χ3v) is 3.68. The highest BCUT2D eigenvalue weighted by atomic mass is 35.5. The molecule has 0 bridgehead atoms. The molecule has 8 nitrogen and oxygen atoms in total. The number of anilines is 2. The molecule has 0 aliphatic rings. The van der Waals surface area contributed by atoms with Crippen molar-refractivity contribution >= 4 is 63.5 Å². The van der Waals surface area contributed by atoms with Gasteiger partial charge in [-0.25, -0.2) is 9.67 Å². The number of nitrogens with one attached hydrogen (secondary N) is 1. The largest absolute Gasteiger partial charge is 0.367 e. The third kappa shape index (κ3) is 2.75. The number of nitrogens with zero attached hydrogens (tertiary/aromatic N) is 5. The number of benzene rings is 1. The van der Waals surface area contributed by atoms with Crippen LogP contribution in [0.25, 0.3) is 11.0 Å². The second-order valence-electron chi connectivity index (χ2n) is 4.03. The Morgan fingerprint density at radius 2 is 2.10 bits per heavy atom. The summed E-state index contributed by atoms with van der Waals surface area (Å²) in [6, 6.07) is 1.51. The topological polar surface area (TPSA) is 112 Å². The number of rotatable bonds is 3. The summed E-state index contributed by atoms with van der Waals surface area (Å²) in [4.78, 5) is 15.7. The lowest BCUT2D eigenvalue weighted by atomic mass is 10.2. The van der Waals surface area contributed by atoms with Gasteiger partial charge in [0.25, 0.3) is 0 Å². The summed E-state index contributed by atoms with van der Waals surface area (Å²) in [5.41, 5.74) is 6.68. The molecule has 0 fully saturated rings. The molecule has 0 saturated carbocycles. The smallest absolute Gasteiger partial charge is 0.246 e. The number of hydrogen-bond donors (Lipinski definition) is 2. The van der Waals surface area contributed by atoms with Crippen LogP contribution in [0.2, 0.25) is 10.0 Å². The van der Waals surface area contributed by atoms with Crippen LogP contribution in [-0.4, -0.2) is 29.4 Å². The highest BCUT2D eigenvalue weighted by Crippen LogP contribution is 2.35. The number of amides is 1. The summed E-state index contributed by atoms with van der Waals surface area (Å²) in [6.07, 6.45) is 1.36. The lowest BCUT2D eigenvalue weighted by Gasteiger charge is -2.08. The maximum atomic E-state index is 12.0. The molecule has 3 aromatic rings. The molecule has 108 valence electrons. The Bertz CT molecular complexity index is 830. The van der Waals surface area contributed by atoms with Crippen molar-refractivity contribution in [3.8, 4) is 0 Å². The lowest BCUT2D eigenvalue weighted by molar-refractivity contribution is -0.116. The van der Waals surface area contributed by atoms with Gasteiger partial charge in [0.05, 0.1) is 27.5 Å². The molecule has 0 unspecified atom stereocenters. The summed E-state index contributed by atoms with van der Waals surface area (Å²) < 4.78 is 9.47. The van der Waals surface area contributed by atoms with Crippen molar-refractivity contribution in [2.75, 3.05) is 11.1 Å². The quantitative estimate of drug-likeness (QED) is 0.749. The van der Waals surface area contributed by atoms with E-state index in [-0.39, 0.29) is 23.4 Å². The van der Waals surface area contributed by atoms with Crippen LogP contribution >= 0.6 is 34.9 Å². The minimum Gasteiger partial charge on any atom is -0.367 e.